The number of carbonyl (C=O) groups is 1. The van der Waals surface area contributed by atoms with Crippen molar-refractivity contribution in [2.75, 3.05) is 39.8 Å². The van der Waals surface area contributed by atoms with Gasteiger partial charge in [0.05, 0.1) is 17.9 Å². The fourth-order valence-electron chi connectivity index (χ4n) is 4.07. The first kappa shape index (κ1) is 24.5. The summed E-state index contributed by atoms with van der Waals surface area (Å²) < 4.78 is 2.00. The molecule has 1 amide bonds. The molecule has 0 unspecified atom stereocenters. The normalized spacial score (nSPS) is 17.1. The number of carbonyl (C=O) groups excluding carboxylic acids is 1. The number of aromatic nitrogens is 2. The Balaban J connectivity index is 0.00000289. The van der Waals surface area contributed by atoms with Gasteiger partial charge < -0.3 is 15.5 Å². The van der Waals surface area contributed by atoms with Crippen molar-refractivity contribution in [2.45, 2.75) is 39.3 Å². The lowest BCUT2D eigenvalue weighted by Gasteiger charge is -2.36. The van der Waals surface area contributed by atoms with Gasteiger partial charge in [0.2, 0.25) is 5.91 Å². The Bertz CT molecular complexity index is 946. The van der Waals surface area contributed by atoms with E-state index < -0.39 is 0 Å². The van der Waals surface area contributed by atoms with Crippen LogP contribution >= 0.6 is 24.0 Å². The predicted molar refractivity (Wildman–Crippen MR) is 138 cm³/mol. The van der Waals surface area contributed by atoms with Crippen LogP contribution in [0, 0.1) is 13.8 Å². The largest absolute Gasteiger partial charge is 0.352 e. The zero-order valence-corrected chi connectivity index (χ0v) is 21.5. The van der Waals surface area contributed by atoms with Crippen molar-refractivity contribution >= 4 is 35.8 Å². The predicted octanol–water partition coefficient (Wildman–Crippen LogP) is 2.08. The summed E-state index contributed by atoms with van der Waals surface area (Å²) in [7, 11) is 1.82. The number of aliphatic imine (C=N–C) groups is 1. The highest BCUT2D eigenvalue weighted by Gasteiger charge is 2.26. The molecule has 2 aliphatic rings. The van der Waals surface area contributed by atoms with E-state index in [-0.39, 0.29) is 29.9 Å². The van der Waals surface area contributed by atoms with Gasteiger partial charge in [0.25, 0.3) is 0 Å². The van der Waals surface area contributed by atoms with Crippen molar-refractivity contribution in [2.24, 2.45) is 4.99 Å². The Hall–Kier alpha value is -2.14. The third kappa shape index (κ3) is 6.22. The highest BCUT2D eigenvalue weighted by atomic mass is 127. The molecule has 2 N–H and O–H groups in total. The Morgan fingerprint density at radius 1 is 1.16 bits per heavy atom. The minimum Gasteiger partial charge on any atom is -0.352 e. The van der Waals surface area contributed by atoms with Crippen molar-refractivity contribution in [1.82, 2.24) is 30.2 Å². The van der Waals surface area contributed by atoms with Crippen LogP contribution in [0.5, 0.6) is 0 Å². The van der Waals surface area contributed by atoms with Crippen LogP contribution in [0.15, 0.2) is 35.3 Å². The number of hydrogen-bond acceptors (Lipinski definition) is 4. The van der Waals surface area contributed by atoms with E-state index in [1.807, 2.05) is 24.7 Å². The molecule has 1 saturated heterocycles. The maximum absolute atomic E-state index is 12.1. The number of amides is 1. The van der Waals surface area contributed by atoms with Crippen LogP contribution in [-0.4, -0.2) is 77.3 Å². The molecule has 174 valence electrons. The third-order valence-corrected chi connectivity index (χ3v) is 5.86. The van der Waals surface area contributed by atoms with Crippen LogP contribution in [0.25, 0.3) is 5.69 Å². The Labute approximate surface area is 207 Å². The third-order valence-electron chi connectivity index (χ3n) is 5.86. The molecule has 8 nitrogen and oxygen atoms in total. The topological polar surface area (TPSA) is 77.8 Å². The van der Waals surface area contributed by atoms with Crippen molar-refractivity contribution < 1.29 is 4.79 Å². The van der Waals surface area contributed by atoms with E-state index in [0.29, 0.717) is 19.1 Å². The number of halogens is 1. The number of piperazine rings is 1. The summed E-state index contributed by atoms with van der Waals surface area (Å²) in [4.78, 5) is 21.0. The van der Waals surface area contributed by atoms with Crippen LogP contribution in [-0.2, 0) is 11.3 Å². The Morgan fingerprint density at radius 2 is 1.88 bits per heavy atom. The second-order valence-electron chi connectivity index (χ2n) is 8.47. The number of aryl methyl sites for hydroxylation is 2. The van der Waals surface area contributed by atoms with E-state index >= 15 is 0 Å². The lowest BCUT2D eigenvalue weighted by atomic mass is 10.1. The molecule has 1 aromatic heterocycles. The van der Waals surface area contributed by atoms with E-state index in [4.69, 9.17) is 0 Å². The molecule has 1 aliphatic heterocycles. The van der Waals surface area contributed by atoms with Gasteiger partial charge in [-0.05, 0) is 44.4 Å². The van der Waals surface area contributed by atoms with Gasteiger partial charge in [-0.3, -0.25) is 14.7 Å². The van der Waals surface area contributed by atoms with Gasteiger partial charge in [-0.1, -0.05) is 18.2 Å². The first-order valence-electron chi connectivity index (χ1n) is 11.1. The summed E-state index contributed by atoms with van der Waals surface area (Å²) in [6.07, 6.45) is 2.26. The van der Waals surface area contributed by atoms with Crippen molar-refractivity contribution in [3.63, 3.8) is 0 Å². The lowest BCUT2D eigenvalue weighted by Crippen LogP contribution is -2.54. The molecule has 1 aromatic carbocycles. The van der Waals surface area contributed by atoms with Crippen LogP contribution < -0.4 is 10.6 Å². The molecule has 1 aliphatic carbocycles. The summed E-state index contributed by atoms with van der Waals surface area (Å²) in [6, 6.07) is 10.8. The van der Waals surface area contributed by atoms with E-state index in [1.54, 1.807) is 0 Å². The van der Waals surface area contributed by atoms with Crippen molar-refractivity contribution in [3.8, 4) is 5.69 Å². The van der Waals surface area contributed by atoms with Crippen molar-refractivity contribution in [3.05, 3.63) is 47.3 Å². The summed E-state index contributed by atoms with van der Waals surface area (Å²) >= 11 is 0. The molecular formula is C23H34IN7O. The molecule has 32 heavy (non-hydrogen) atoms. The number of nitrogens with zero attached hydrogens (tertiary/aromatic N) is 5. The number of guanidine groups is 1. The van der Waals surface area contributed by atoms with E-state index in [1.165, 1.54) is 5.56 Å². The number of benzene rings is 1. The smallest absolute Gasteiger partial charge is 0.234 e. The Kier molecular flexibility index (Phi) is 8.52. The summed E-state index contributed by atoms with van der Waals surface area (Å²) in [5.41, 5.74) is 4.39. The second-order valence-corrected chi connectivity index (χ2v) is 8.47. The van der Waals surface area contributed by atoms with Crippen LogP contribution in [0.3, 0.4) is 0 Å². The minimum absolute atomic E-state index is 0. The van der Waals surface area contributed by atoms with Gasteiger partial charge in [0.1, 0.15) is 0 Å². The van der Waals surface area contributed by atoms with Gasteiger partial charge >= 0.3 is 0 Å². The molecule has 0 radical (unpaired) electrons. The monoisotopic (exact) mass is 551 g/mol. The number of hydrogen-bond donors (Lipinski definition) is 2. The Morgan fingerprint density at radius 3 is 2.50 bits per heavy atom. The molecule has 0 spiro atoms. The molecule has 4 rings (SSSR count). The summed E-state index contributed by atoms with van der Waals surface area (Å²) in [5.74, 6) is 1.05. The SMILES string of the molecule is CN=C(NCc1ccccc1-n1nc(C)cc1C)N1CCN(CC(=O)NC2CC2)CC1.I. The number of nitrogens with one attached hydrogen (secondary N) is 2. The fraction of sp³-hybridized carbons (Fsp3) is 0.522. The molecule has 2 heterocycles. The summed E-state index contributed by atoms with van der Waals surface area (Å²) in [5, 5.41) is 11.2. The molecule has 9 heteroatoms. The van der Waals surface area contributed by atoms with E-state index in [0.717, 1.165) is 62.1 Å². The minimum atomic E-state index is 0. The molecule has 1 saturated carbocycles. The zero-order chi connectivity index (χ0) is 21.8. The van der Waals surface area contributed by atoms with Crippen LogP contribution in [0.2, 0.25) is 0 Å². The van der Waals surface area contributed by atoms with Crippen LogP contribution in [0.1, 0.15) is 29.8 Å². The number of para-hydroxylation sites is 1. The fourth-order valence-corrected chi connectivity index (χ4v) is 4.07. The molecule has 2 aromatic rings. The lowest BCUT2D eigenvalue weighted by molar-refractivity contribution is -0.122. The molecule has 0 atom stereocenters. The van der Waals surface area contributed by atoms with Gasteiger partial charge in [0.15, 0.2) is 5.96 Å². The van der Waals surface area contributed by atoms with E-state index in [2.05, 4.69) is 61.7 Å². The standard InChI is InChI=1S/C23H33N7O.HI/c1-17-14-18(2)30(27-17)21-7-5-4-6-19(21)15-25-23(24-3)29-12-10-28(11-13-29)16-22(31)26-20-8-9-20;/h4-7,14,20H,8-13,15-16H2,1-3H3,(H,24,25)(H,26,31);1H. The second kappa shape index (κ2) is 11.1. The maximum atomic E-state index is 12.1. The highest BCUT2D eigenvalue weighted by molar-refractivity contribution is 14.0. The summed E-state index contributed by atoms with van der Waals surface area (Å²) in [6.45, 7) is 8.69. The van der Waals surface area contributed by atoms with Gasteiger partial charge in [-0.15, -0.1) is 24.0 Å². The molecule has 0 bridgehead atoms. The van der Waals surface area contributed by atoms with Gasteiger partial charge in [-0.25, -0.2) is 4.68 Å². The first-order chi connectivity index (χ1) is 15.0. The highest BCUT2D eigenvalue weighted by Crippen LogP contribution is 2.19. The van der Waals surface area contributed by atoms with Crippen LogP contribution in [0.4, 0.5) is 0 Å². The molecule has 2 fully saturated rings. The van der Waals surface area contributed by atoms with Gasteiger partial charge in [0, 0.05) is 51.5 Å². The average molecular weight is 551 g/mol. The number of rotatable bonds is 6. The van der Waals surface area contributed by atoms with E-state index in [9.17, 15) is 4.79 Å². The quantitative estimate of drug-likeness (QED) is 0.327. The zero-order valence-electron chi connectivity index (χ0n) is 19.2. The van der Waals surface area contributed by atoms with Gasteiger partial charge in [-0.2, -0.15) is 5.10 Å². The average Bonchev–Trinajstić information content (AvgIpc) is 3.51. The maximum Gasteiger partial charge on any atom is 0.234 e. The first-order valence-corrected chi connectivity index (χ1v) is 11.1. The van der Waals surface area contributed by atoms with Crippen molar-refractivity contribution in [1.29, 1.82) is 0 Å². The molecular weight excluding hydrogens is 517 g/mol.